The zero-order chi connectivity index (χ0) is 11.7. The number of hydrogen-bond acceptors (Lipinski definition) is 3. The first-order chi connectivity index (χ1) is 7.63. The Bertz CT molecular complexity index is 479. The molecule has 4 nitrogen and oxygen atoms in total. The zero-order valence-corrected chi connectivity index (χ0v) is 8.90. The van der Waals surface area contributed by atoms with E-state index in [1.807, 2.05) is 0 Å². The van der Waals surface area contributed by atoms with E-state index in [1.165, 1.54) is 0 Å². The number of carbonyl (C=O) groups is 3. The third-order valence-electron chi connectivity index (χ3n) is 2.75. The molecule has 2 rings (SSSR count). The summed E-state index contributed by atoms with van der Waals surface area (Å²) < 4.78 is 0. The van der Waals surface area contributed by atoms with Gasteiger partial charge < -0.3 is 9.69 Å². The van der Waals surface area contributed by atoms with Crippen LogP contribution in [-0.2, 0) is 16.0 Å². The molecule has 0 spiro atoms. The number of hydrogen-bond donors (Lipinski definition) is 0. The van der Waals surface area contributed by atoms with E-state index in [4.69, 9.17) is 0 Å². The molecule has 0 fully saturated rings. The van der Waals surface area contributed by atoms with Crippen molar-refractivity contribution in [2.24, 2.45) is 0 Å². The van der Waals surface area contributed by atoms with Crippen LogP contribution in [0.2, 0.25) is 0 Å². The molecule has 0 unspecified atom stereocenters. The summed E-state index contributed by atoms with van der Waals surface area (Å²) in [7, 11) is 1.71. The van der Waals surface area contributed by atoms with Gasteiger partial charge in [-0.2, -0.15) is 0 Å². The lowest BCUT2D eigenvalue weighted by molar-refractivity contribution is -0.117. The first kappa shape index (κ1) is 10.5. The van der Waals surface area contributed by atoms with Gasteiger partial charge in [0.25, 0.3) is 0 Å². The molecule has 0 saturated carbocycles. The Morgan fingerprint density at radius 1 is 1.50 bits per heavy atom. The van der Waals surface area contributed by atoms with Crippen molar-refractivity contribution in [1.82, 2.24) is 0 Å². The number of Topliss-reactive ketones (excluding diaryl/α,β-unsaturated/α-hetero) is 1. The molecule has 1 aromatic rings. The van der Waals surface area contributed by atoms with Crippen LogP contribution in [0.1, 0.15) is 22.3 Å². The van der Waals surface area contributed by atoms with E-state index in [0.29, 0.717) is 18.3 Å². The number of ketones is 1. The molecule has 1 heterocycles. The second-order valence-corrected chi connectivity index (χ2v) is 3.77. The lowest BCUT2D eigenvalue weighted by Gasteiger charge is -2.09. The molecule has 0 bridgehead atoms. The van der Waals surface area contributed by atoms with Crippen LogP contribution in [0, 0.1) is 0 Å². The Morgan fingerprint density at radius 2 is 2.25 bits per heavy atom. The number of fused-ring (bicyclic) bond motifs is 1. The molecule has 0 aliphatic carbocycles. The van der Waals surface area contributed by atoms with E-state index in [9.17, 15) is 14.4 Å². The highest BCUT2D eigenvalue weighted by molar-refractivity contribution is 6.05. The lowest BCUT2D eigenvalue weighted by Crippen LogP contribution is -2.20. The highest BCUT2D eigenvalue weighted by Crippen LogP contribution is 2.28. The van der Waals surface area contributed by atoms with Gasteiger partial charge in [-0.05, 0) is 23.8 Å². The molecule has 4 heteroatoms. The van der Waals surface area contributed by atoms with E-state index in [1.54, 1.807) is 30.1 Å². The normalized spacial score (nSPS) is 13.8. The molecule has 1 aliphatic heterocycles. The van der Waals surface area contributed by atoms with Gasteiger partial charge in [0.2, 0.25) is 5.91 Å². The summed E-state index contributed by atoms with van der Waals surface area (Å²) >= 11 is 0. The number of likely N-dealkylation sites (N-methyl/N-ethyl adjacent to an activating group) is 1. The van der Waals surface area contributed by atoms with Crippen molar-refractivity contribution in [3.05, 3.63) is 29.3 Å². The van der Waals surface area contributed by atoms with Gasteiger partial charge in [0.1, 0.15) is 6.29 Å². The molecular weight excluding hydrogens is 206 g/mol. The van der Waals surface area contributed by atoms with Gasteiger partial charge in [0.05, 0.1) is 12.8 Å². The summed E-state index contributed by atoms with van der Waals surface area (Å²) in [6.45, 7) is 0. The first-order valence-corrected chi connectivity index (χ1v) is 5.00. The maximum absolute atomic E-state index is 11.5. The molecule has 0 aromatic heterocycles. The number of nitrogens with zero attached hydrogens (tertiary/aromatic N) is 1. The second-order valence-electron chi connectivity index (χ2n) is 3.77. The van der Waals surface area contributed by atoms with Crippen molar-refractivity contribution in [2.45, 2.75) is 12.8 Å². The van der Waals surface area contributed by atoms with Crippen molar-refractivity contribution in [1.29, 1.82) is 0 Å². The monoisotopic (exact) mass is 217 g/mol. The van der Waals surface area contributed by atoms with E-state index < -0.39 is 0 Å². The smallest absolute Gasteiger partial charge is 0.231 e. The number of amides is 1. The van der Waals surface area contributed by atoms with Crippen molar-refractivity contribution in [3.63, 3.8) is 0 Å². The van der Waals surface area contributed by atoms with Crippen molar-refractivity contribution >= 4 is 23.7 Å². The zero-order valence-electron chi connectivity index (χ0n) is 8.90. The first-order valence-electron chi connectivity index (χ1n) is 5.00. The number of carbonyl (C=O) groups excluding carboxylic acids is 3. The molecule has 0 atom stereocenters. The Balaban J connectivity index is 2.35. The van der Waals surface area contributed by atoms with Crippen molar-refractivity contribution < 1.29 is 14.4 Å². The van der Waals surface area contributed by atoms with Crippen LogP contribution >= 0.6 is 0 Å². The third kappa shape index (κ3) is 1.62. The maximum atomic E-state index is 11.5. The van der Waals surface area contributed by atoms with Crippen LogP contribution < -0.4 is 4.90 Å². The summed E-state index contributed by atoms with van der Waals surface area (Å²) in [4.78, 5) is 34.7. The SMILES string of the molecule is CN1C(=O)Cc2cc(C(=O)CC=O)ccc21. The minimum Gasteiger partial charge on any atom is -0.315 e. The third-order valence-corrected chi connectivity index (χ3v) is 2.75. The predicted molar refractivity (Wildman–Crippen MR) is 58.6 cm³/mol. The van der Waals surface area contributed by atoms with Gasteiger partial charge in [-0.3, -0.25) is 9.59 Å². The van der Waals surface area contributed by atoms with Crippen LogP contribution in [0.15, 0.2) is 18.2 Å². The molecule has 0 radical (unpaired) electrons. The summed E-state index contributed by atoms with van der Waals surface area (Å²) in [5, 5.41) is 0. The fraction of sp³-hybridized carbons (Fsp3) is 0.250. The Hall–Kier alpha value is -1.97. The largest absolute Gasteiger partial charge is 0.315 e. The summed E-state index contributed by atoms with van der Waals surface area (Å²) in [5.41, 5.74) is 2.19. The van der Waals surface area contributed by atoms with Crippen LogP contribution in [0.4, 0.5) is 5.69 Å². The summed E-state index contributed by atoms with van der Waals surface area (Å²) in [5.74, 6) is -0.185. The molecule has 1 amide bonds. The van der Waals surface area contributed by atoms with Gasteiger partial charge in [-0.15, -0.1) is 0 Å². The van der Waals surface area contributed by atoms with Crippen LogP contribution in [0.3, 0.4) is 0 Å². The van der Waals surface area contributed by atoms with Crippen LogP contribution in [-0.4, -0.2) is 25.0 Å². The molecular formula is C12H11NO3. The molecule has 0 N–H and O–H groups in total. The minimum absolute atomic E-state index is 0.0231. The van der Waals surface area contributed by atoms with Crippen LogP contribution in [0.5, 0.6) is 0 Å². The Morgan fingerprint density at radius 3 is 2.94 bits per heavy atom. The number of aldehydes is 1. The molecule has 82 valence electrons. The number of anilines is 1. The summed E-state index contributed by atoms with van der Waals surface area (Å²) in [6.07, 6.45) is 0.809. The van der Waals surface area contributed by atoms with Gasteiger partial charge in [-0.25, -0.2) is 0 Å². The van der Waals surface area contributed by atoms with E-state index >= 15 is 0 Å². The van der Waals surface area contributed by atoms with E-state index in [0.717, 1.165) is 11.3 Å². The quantitative estimate of drug-likeness (QED) is 0.431. The molecule has 0 saturated heterocycles. The van der Waals surface area contributed by atoms with Gasteiger partial charge >= 0.3 is 0 Å². The second kappa shape index (κ2) is 3.89. The average molecular weight is 217 g/mol. The standard InChI is InChI=1S/C12H11NO3/c1-13-10-3-2-8(11(15)4-5-14)6-9(10)7-12(13)16/h2-3,5-6H,4,7H2,1H3. The summed E-state index contributed by atoms with van der Waals surface area (Å²) in [6, 6.07) is 5.10. The lowest BCUT2D eigenvalue weighted by atomic mass is 10.0. The van der Waals surface area contributed by atoms with Gasteiger partial charge in [0, 0.05) is 18.3 Å². The molecule has 16 heavy (non-hydrogen) atoms. The van der Waals surface area contributed by atoms with Crippen molar-refractivity contribution in [3.8, 4) is 0 Å². The van der Waals surface area contributed by atoms with E-state index in [-0.39, 0.29) is 18.1 Å². The minimum atomic E-state index is -0.209. The Kier molecular flexibility index (Phi) is 2.56. The fourth-order valence-corrected chi connectivity index (χ4v) is 1.84. The topological polar surface area (TPSA) is 54.5 Å². The fourth-order valence-electron chi connectivity index (χ4n) is 1.84. The molecule has 1 aliphatic rings. The molecule has 1 aromatic carbocycles. The Labute approximate surface area is 92.9 Å². The van der Waals surface area contributed by atoms with E-state index in [2.05, 4.69) is 0 Å². The maximum Gasteiger partial charge on any atom is 0.231 e. The highest BCUT2D eigenvalue weighted by Gasteiger charge is 2.24. The highest BCUT2D eigenvalue weighted by atomic mass is 16.2. The number of rotatable bonds is 3. The van der Waals surface area contributed by atoms with Crippen LogP contribution in [0.25, 0.3) is 0 Å². The predicted octanol–water partition coefficient (Wildman–Crippen LogP) is 0.977. The van der Waals surface area contributed by atoms with Gasteiger partial charge in [0.15, 0.2) is 5.78 Å². The van der Waals surface area contributed by atoms with Crippen molar-refractivity contribution in [2.75, 3.05) is 11.9 Å². The average Bonchev–Trinajstić information content (AvgIpc) is 2.55. The van der Waals surface area contributed by atoms with Gasteiger partial charge in [-0.1, -0.05) is 0 Å². The number of benzene rings is 1.